The molecule has 0 saturated carbocycles. The Bertz CT molecular complexity index is 721. The Morgan fingerprint density at radius 3 is 2.35 bits per heavy atom. The molecular weight excluding hydrogens is 319 g/mol. The molecule has 2 heterocycles. The highest BCUT2D eigenvalue weighted by atomic mass is 32.2. The van der Waals surface area contributed by atoms with E-state index in [0.29, 0.717) is 38.3 Å². The first kappa shape index (κ1) is 16.2. The van der Waals surface area contributed by atoms with Crippen molar-refractivity contribution in [2.45, 2.75) is 12.3 Å². The second kappa shape index (κ2) is 6.82. The van der Waals surface area contributed by atoms with Crippen molar-refractivity contribution >= 4 is 10.0 Å². The Kier molecular flexibility index (Phi) is 4.79. The summed E-state index contributed by atoms with van der Waals surface area (Å²) in [7, 11) is -3.37. The van der Waals surface area contributed by atoms with Crippen LogP contribution >= 0.6 is 0 Å². The summed E-state index contributed by atoms with van der Waals surface area (Å²) >= 11 is 0. The largest absolute Gasteiger partial charge is 0.468 e. The summed E-state index contributed by atoms with van der Waals surface area (Å²) in [5.41, 5.74) is 0.601. The van der Waals surface area contributed by atoms with Crippen LogP contribution in [0.25, 0.3) is 0 Å². The molecule has 3 rings (SSSR count). The van der Waals surface area contributed by atoms with Crippen LogP contribution in [0.5, 0.6) is 0 Å². The maximum absolute atomic E-state index is 12.9. The number of sulfonamides is 1. The molecule has 0 radical (unpaired) electrons. The predicted octanol–water partition coefficient (Wildman–Crippen LogP) is 2.07. The summed E-state index contributed by atoms with van der Waals surface area (Å²) < 4.78 is 44.6. The zero-order valence-corrected chi connectivity index (χ0v) is 13.5. The van der Waals surface area contributed by atoms with Crippen molar-refractivity contribution in [1.82, 2.24) is 9.21 Å². The highest BCUT2D eigenvalue weighted by molar-refractivity contribution is 7.88. The van der Waals surface area contributed by atoms with Crippen LogP contribution in [-0.2, 0) is 22.3 Å². The Hall–Kier alpha value is -1.70. The molecule has 1 aliphatic rings. The lowest BCUT2D eigenvalue weighted by atomic mass is 10.2. The normalized spacial score (nSPS) is 17.4. The number of benzene rings is 1. The van der Waals surface area contributed by atoms with Crippen LogP contribution in [0.15, 0.2) is 47.1 Å². The van der Waals surface area contributed by atoms with Crippen molar-refractivity contribution < 1.29 is 17.2 Å². The molecule has 1 aromatic heterocycles. The fourth-order valence-electron chi connectivity index (χ4n) is 2.67. The van der Waals surface area contributed by atoms with Crippen molar-refractivity contribution in [2.75, 3.05) is 26.2 Å². The van der Waals surface area contributed by atoms with Gasteiger partial charge in [0, 0.05) is 26.2 Å². The molecule has 23 heavy (non-hydrogen) atoms. The van der Waals surface area contributed by atoms with Gasteiger partial charge in [-0.15, -0.1) is 0 Å². The molecular formula is C16H19FN2O3S. The van der Waals surface area contributed by atoms with Crippen molar-refractivity contribution in [2.24, 2.45) is 0 Å². The van der Waals surface area contributed by atoms with Crippen molar-refractivity contribution in [3.8, 4) is 0 Å². The molecule has 0 amide bonds. The van der Waals surface area contributed by atoms with Crippen LogP contribution in [0.4, 0.5) is 4.39 Å². The quantitative estimate of drug-likeness (QED) is 0.837. The van der Waals surface area contributed by atoms with E-state index < -0.39 is 10.0 Å². The molecule has 0 N–H and O–H groups in total. The van der Waals surface area contributed by atoms with E-state index in [4.69, 9.17) is 4.42 Å². The van der Waals surface area contributed by atoms with Gasteiger partial charge >= 0.3 is 0 Å². The lowest BCUT2D eigenvalue weighted by molar-refractivity contribution is 0.171. The molecule has 2 aromatic rings. The van der Waals surface area contributed by atoms with Gasteiger partial charge in [0.25, 0.3) is 0 Å². The molecule has 0 unspecified atom stereocenters. The van der Waals surface area contributed by atoms with Gasteiger partial charge in [-0.3, -0.25) is 4.90 Å². The summed E-state index contributed by atoms with van der Waals surface area (Å²) in [6.07, 6.45) is 1.64. The van der Waals surface area contributed by atoms with E-state index >= 15 is 0 Å². The molecule has 1 aromatic carbocycles. The minimum atomic E-state index is -3.37. The molecule has 0 spiro atoms. The number of hydrogen-bond acceptors (Lipinski definition) is 4. The van der Waals surface area contributed by atoms with Gasteiger partial charge < -0.3 is 4.42 Å². The molecule has 7 heteroatoms. The number of nitrogens with zero attached hydrogens (tertiary/aromatic N) is 2. The molecule has 1 saturated heterocycles. The van der Waals surface area contributed by atoms with Crippen LogP contribution in [0.2, 0.25) is 0 Å². The van der Waals surface area contributed by atoms with Gasteiger partial charge in [-0.2, -0.15) is 4.31 Å². The van der Waals surface area contributed by atoms with E-state index in [1.807, 2.05) is 12.1 Å². The van der Waals surface area contributed by atoms with E-state index in [1.54, 1.807) is 6.26 Å². The van der Waals surface area contributed by atoms with Gasteiger partial charge in [0.1, 0.15) is 11.6 Å². The van der Waals surface area contributed by atoms with Crippen LogP contribution in [0.1, 0.15) is 11.3 Å². The molecule has 1 aliphatic heterocycles. The lowest BCUT2D eigenvalue weighted by Gasteiger charge is -2.33. The Morgan fingerprint density at radius 2 is 1.74 bits per heavy atom. The highest BCUT2D eigenvalue weighted by Gasteiger charge is 2.27. The SMILES string of the molecule is O=S(=O)(Cc1ccc(F)cc1)N1CCN(Cc2ccco2)CC1. The molecule has 0 bridgehead atoms. The van der Waals surface area contributed by atoms with Crippen molar-refractivity contribution in [3.05, 3.63) is 59.8 Å². The van der Waals surface area contributed by atoms with Gasteiger partial charge in [-0.05, 0) is 29.8 Å². The number of halogens is 1. The average Bonchev–Trinajstić information content (AvgIpc) is 3.03. The van der Waals surface area contributed by atoms with E-state index in [9.17, 15) is 12.8 Å². The standard InChI is InChI=1S/C16H19FN2O3S/c17-15-5-3-14(4-6-15)13-23(20,21)19-9-7-18(8-10-19)12-16-2-1-11-22-16/h1-6,11H,7-10,12-13H2. The first-order chi connectivity index (χ1) is 11.0. The monoisotopic (exact) mass is 338 g/mol. The summed E-state index contributed by atoms with van der Waals surface area (Å²) in [6, 6.07) is 9.36. The molecule has 1 fully saturated rings. The first-order valence-corrected chi connectivity index (χ1v) is 9.11. The summed E-state index contributed by atoms with van der Waals surface area (Å²) in [6.45, 7) is 2.96. The zero-order chi connectivity index (χ0) is 16.3. The number of piperazine rings is 1. The van der Waals surface area contributed by atoms with E-state index in [1.165, 1.54) is 28.6 Å². The third kappa shape index (κ3) is 4.19. The van der Waals surface area contributed by atoms with Crippen LogP contribution < -0.4 is 0 Å². The predicted molar refractivity (Wildman–Crippen MR) is 84.6 cm³/mol. The van der Waals surface area contributed by atoms with Crippen molar-refractivity contribution in [1.29, 1.82) is 0 Å². The van der Waals surface area contributed by atoms with Gasteiger partial charge in [-0.25, -0.2) is 12.8 Å². The van der Waals surface area contributed by atoms with Gasteiger partial charge in [0.05, 0.1) is 18.6 Å². The Labute approximate surface area is 135 Å². The fraction of sp³-hybridized carbons (Fsp3) is 0.375. The third-order valence-electron chi connectivity index (χ3n) is 3.95. The summed E-state index contributed by atoms with van der Waals surface area (Å²) in [4.78, 5) is 2.17. The first-order valence-electron chi connectivity index (χ1n) is 7.50. The van der Waals surface area contributed by atoms with Gasteiger partial charge in [0.15, 0.2) is 0 Å². The Balaban J connectivity index is 1.56. The number of rotatable bonds is 5. The molecule has 5 nitrogen and oxygen atoms in total. The smallest absolute Gasteiger partial charge is 0.218 e. The number of hydrogen-bond donors (Lipinski definition) is 0. The average molecular weight is 338 g/mol. The second-order valence-electron chi connectivity index (χ2n) is 5.64. The molecule has 124 valence electrons. The third-order valence-corrected chi connectivity index (χ3v) is 5.80. The second-order valence-corrected chi connectivity index (χ2v) is 7.61. The number of furan rings is 1. The Morgan fingerprint density at radius 1 is 1.04 bits per heavy atom. The minimum absolute atomic E-state index is 0.0918. The van der Waals surface area contributed by atoms with Gasteiger partial charge in [-0.1, -0.05) is 12.1 Å². The fourth-order valence-corrected chi connectivity index (χ4v) is 4.19. The molecule has 0 aliphatic carbocycles. The van der Waals surface area contributed by atoms with Crippen molar-refractivity contribution in [3.63, 3.8) is 0 Å². The van der Waals surface area contributed by atoms with Crippen LogP contribution in [0.3, 0.4) is 0 Å². The topological polar surface area (TPSA) is 53.8 Å². The lowest BCUT2D eigenvalue weighted by Crippen LogP contribution is -2.48. The maximum atomic E-state index is 12.9. The van der Waals surface area contributed by atoms with Gasteiger partial charge in [0.2, 0.25) is 10.0 Å². The molecule has 0 atom stereocenters. The zero-order valence-electron chi connectivity index (χ0n) is 12.7. The summed E-state index contributed by atoms with van der Waals surface area (Å²) in [5, 5.41) is 0. The highest BCUT2D eigenvalue weighted by Crippen LogP contribution is 2.15. The van der Waals surface area contributed by atoms with E-state index in [2.05, 4.69) is 4.90 Å². The maximum Gasteiger partial charge on any atom is 0.218 e. The van der Waals surface area contributed by atoms with E-state index in [-0.39, 0.29) is 11.6 Å². The van der Waals surface area contributed by atoms with Crippen LogP contribution in [-0.4, -0.2) is 43.8 Å². The van der Waals surface area contributed by atoms with Crippen LogP contribution in [0, 0.1) is 5.82 Å². The van der Waals surface area contributed by atoms with E-state index in [0.717, 1.165) is 5.76 Å². The minimum Gasteiger partial charge on any atom is -0.468 e. The summed E-state index contributed by atoms with van der Waals surface area (Å²) in [5.74, 6) is 0.427.